The van der Waals surface area contributed by atoms with Crippen LogP contribution in [0.3, 0.4) is 0 Å². The van der Waals surface area contributed by atoms with E-state index in [-0.39, 0.29) is 0 Å². The maximum atomic E-state index is 5.80. The lowest BCUT2D eigenvalue weighted by atomic mass is 10.0. The van der Waals surface area contributed by atoms with Crippen molar-refractivity contribution in [3.05, 3.63) is 41.7 Å². The second-order valence-electron chi connectivity index (χ2n) is 4.67. The molecule has 0 spiro atoms. The van der Waals surface area contributed by atoms with Crippen LogP contribution in [0.15, 0.2) is 30.6 Å². The Hall–Kier alpha value is -2.14. The molecular formula is C14H18N4O. The number of rotatable bonds is 4. The van der Waals surface area contributed by atoms with Crippen LogP contribution in [0.1, 0.15) is 30.9 Å². The van der Waals surface area contributed by atoms with Crippen LogP contribution in [0.5, 0.6) is 11.6 Å². The van der Waals surface area contributed by atoms with E-state index in [9.17, 15) is 0 Å². The van der Waals surface area contributed by atoms with E-state index >= 15 is 0 Å². The lowest BCUT2D eigenvalue weighted by molar-refractivity contribution is 0.457. The highest BCUT2D eigenvalue weighted by molar-refractivity contribution is 5.42. The zero-order valence-electron chi connectivity index (χ0n) is 11.3. The molecule has 3 N–H and O–H groups in total. The van der Waals surface area contributed by atoms with Gasteiger partial charge in [0.05, 0.1) is 0 Å². The Morgan fingerprint density at radius 1 is 1.21 bits per heavy atom. The molecule has 100 valence electrons. The molecule has 0 aliphatic carbocycles. The molecule has 0 amide bonds. The second kappa shape index (κ2) is 5.67. The van der Waals surface area contributed by atoms with E-state index < -0.39 is 0 Å². The molecule has 0 aliphatic heterocycles. The summed E-state index contributed by atoms with van der Waals surface area (Å²) in [6.07, 6.45) is 1.41. The van der Waals surface area contributed by atoms with Crippen molar-refractivity contribution in [2.24, 2.45) is 5.84 Å². The number of anilines is 1. The van der Waals surface area contributed by atoms with Crippen molar-refractivity contribution in [2.45, 2.75) is 26.7 Å². The Kier molecular flexibility index (Phi) is 3.97. The zero-order valence-corrected chi connectivity index (χ0v) is 11.3. The van der Waals surface area contributed by atoms with E-state index in [1.54, 1.807) is 6.07 Å². The summed E-state index contributed by atoms with van der Waals surface area (Å²) in [5.41, 5.74) is 4.76. The van der Waals surface area contributed by atoms with Crippen molar-refractivity contribution in [1.82, 2.24) is 9.97 Å². The van der Waals surface area contributed by atoms with Gasteiger partial charge in [0, 0.05) is 6.07 Å². The molecule has 19 heavy (non-hydrogen) atoms. The molecule has 0 unspecified atom stereocenters. The fourth-order valence-electron chi connectivity index (χ4n) is 1.67. The molecule has 0 fully saturated rings. The first kappa shape index (κ1) is 13.3. The van der Waals surface area contributed by atoms with Gasteiger partial charge >= 0.3 is 0 Å². The van der Waals surface area contributed by atoms with Crippen molar-refractivity contribution in [2.75, 3.05) is 5.43 Å². The van der Waals surface area contributed by atoms with Crippen molar-refractivity contribution in [3.8, 4) is 11.6 Å². The van der Waals surface area contributed by atoms with Gasteiger partial charge in [-0.05, 0) is 30.0 Å². The summed E-state index contributed by atoms with van der Waals surface area (Å²) in [7, 11) is 0. The first-order valence-corrected chi connectivity index (χ1v) is 6.17. The molecule has 0 atom stereocenters. The van der Waals surface area contributed by atoms with Crippen molar-refractivity contribution < 1.29 is 4.74 Å². The van der Waals surface area contributed by atoms with Gasteiger partial charge in [-0.3, -0.25) is 0 Å². The summed E-state index contributed by atoms with van der Waals surface area (Å²) in [6, 6.07) is 7.85. The highest BCUT2D eigenvalue weighted by atomic mass is 16.5. The Morgan fingerprint density at radius 2 is 2.00 bits per heavy atom. The summed E-state index contributed by atoms with van der Waals surface area (Å²) in [4.78, 5) is 8.01. The minimum atomic E-state index is 0.453. The topological polar surface area (TPSA) is 73.1 Å². The van der Waals surface area contributed by atoms with Crippen molar-refractivity contribution >= 4 is 5.82 Å². The normalized spacial score (nSPS) is 10.6. The van der Waals surface area contributed by atoms with Crippen molar-refractivity contribution in [3.63, 3.8) is 0 Å². The quantitative estimate of drug-likeness (QED) is 0.651. The minimum absolute atomic E-state index is 0.453. The van der Waals surface area contributed by atoms with Crippen LogP contribution in [-0.2, 0) is 0 Å². The van der Waals surface area contributed by atoms with Crippen LogP contribution in [0, 0.1) is 6.92 Å². The largest absolute Gasteiger partial charge is 0.439 e. The molecule has 1 aromatic heterocycles. The molecular weight excluding hydrogens is 240 g/mol. The second-order valence-corrected chi connectivity index (χ2v) is 4.67. The number of hydrogen-bond acceptors (Lipinski definition) is 5. The van der Waals surface area contributed by atoms with E-state index in [2.05, 4.69) is 35.3 Å². The van der Waals surface area contributed by atoms with Crippen LogP contribution in [-0.4, -0.2) is 9.97 Å². The third-order valence-electron chi connectivity index (χ3n) is 2.88. The number of benzene rings is 1. The lowest BCUT2D eigenvalue weighted by Gasteiger charge is -2.12. The van der Waals surface area contributed by atoms with Crippen LogP contribution in [0.25, 0.3) is 0 Å². The van der Waals surface area contributed by atoms with E-state index in [1.165, 1.54) is 11.9 Å². The molecule has 1 heterocycles. The van der Waals surface area contributed by atoms with Gasteiger partial charge in [-0.15, -0.1) is 0 Å². The Morgan fingerprint density at radius 3 is 2.68 bits per heavy atom. The molecule has 1 aromatic carbocycles. The maximum Gasteiger partial charge on any atom is 0.224 e. The maximum absolute atomic E-state index is 5.80. The molecule has 0 saturated heterocycles. The van der Waals surface area contributed by atoms with Crippen LogP contribution < -0.4 is 16.0 Å². The predicted octanol–water partition coefficient (Wildman–Crippen LogP) is 2.99. The number of nitrogens with two attached hydrogens (primary N) is 1. The Balaban J connectivity index is 2.29. The first-order chi connectivity index (χ1) is 9.10. The smallest absolute Gasteiger partial charge is 0.224 e. The highest BCUT2D eigenvalue weighted by Gasteiger charge is 2.07. The third kappa shape index (κ3) is 3.20. The molecule has 0 radical (unpaired) electrons. The van der Waals surface area contributed by atoms with E-state index in [1.807, 2.05) is 19.1 Å². The van der Waals surface area contributed by atoms with Gasteiger partial charge in [-0.1, -0.05) is 26.0 Å². The molecule has 2 rings (SSSR count). The summed E-state index contributed by atoms with van der Waals surface area (Å²) < 4.78 is 5.80. The summed E-state index contributed by atoms with van der Waals surface area (Å²) in [5.74, 6) is 7.54. The Bertz CT molecular complexity index is 569. The van der Waals surface area contributed by atoms with Gasteiger partial charge < -0.3 is 10.2 Å². The highest BCUT2D eigenvalue weighted by Crippen LogP contribution is 2.28. The number of nitrogen functional groups attached to an aromatic ring is 1. The molecule has 5 nitrogen and oxygen atoms in total. The Labute approximate surface area is 112 Å². The van der Waals surface area contributed by atoms with Crippen LogP contribution in [0.2, 0.25) is 0 Å². The number of ether oxygens (including phenoxy) is 1. The van der Waals surface area contributed by atoms with Crippen molar-refractivity contribution in [1.29, 1.82) is 0 Å². The van der Waals surface area contributed by atoms with Gasteiger partial charge in [-0.2, -0.15) is 0 Å². The van der Waals surface area contributed by atoms with E-state index in [0.29, 0.717) is 17.6 Å². The van der Waals surface area contributed by atoms with Gasteiger partial charge in [-0.25, -0.2) is 15.8 Å². The third-order valence-corrected chi connectivity index (χ3v) is 2.88. The minimum Gasteiger partial charge on any atom is -0.439 e. The number of nitrogens with zero attached hydrogens (tertiary/aromatic N) is 2. The number of aromatic nitrogens is 2. The molecule has 2 aromatic rings. The lowest BCUT2D eigenvalue weighted by Crippen LogP contribution is -2.08. The molecule has 0 aliphatic rings. The van der Waals surface area contributed by atoms with E-state index in [4.69, 9.17) is 10.6 Å². The van der Waals surface area contributed by atoms with Crippen LogP contribution in [0.4, 0.5) is 5.82 Å². The van der Waals surface area contributed by atoms with E-state index in [0.717, 1.165) is 11.3 Å². The van der Waals surface area contributed by atoms with Gasteiger partial charge in [0.15, 0.2) is 0 Å². The average molecular weight is 258 g/mol. The van der Waals surface area contributed by atoms with Gasteiger partial charge in [0.2, 0.25) is 5.88 Å². The van der Waals surface area contributed by atoms with Crippen LogP contribution >= 0.6 is 0 Å². The fraction of sp³-hybridized carbons (Fsp3) is 0.286. The van der Waals surface area contributed by atoms with Gasteiger partial charge in [0.1, 0.15) is 17.9 Å². The summed E-state index contributed by atoms with van der Waals surface area (Å²) in [6.45, 7) is 6.30. The number of hydrogen-bond donors (Lipinski definition) is 2. The van der Waals surface area contributed by atoms with Gasteiger partial charge in [0.25, 0.3) is 0 Å². The SMILES string of the molecule is Cc1ccc(C(C)C)cc1Oc1cc(NN)ncn1. The molecule has 0 saturated carbocycles. The standard InChI is InChI=1S/C14H18N4O/c1-9(2)11-5-4-10(3)12(6-11)19-14-7-13(18-15)16-8-17-14/h4-9H,15H2,1-3H3,(H,16,17,18). The number of aryl methyl sites for hydroxylation is 1. The number of hydrazine groups is 1. The average Bonchev–Trinajstić information content (AvgIpc) is 2.41. The summed E-state index contributed by atoms with van der Waals surface area (Å²) in [5, 5.41) is 0. The fourth-order valence-corrected chi connectivity index (χ4v) is 1.67. The zero-order chi connectivity index (χ0) is 13.8. The molecule has 0 bridgehead atoms. The monoisotopic (exact) mass is 258 g/mol. The molecule has 5 heteroatoms. The first-order valence-electron chi connectivity index (χ1n) is 6.17. The predicted molar refractivity (Wildman–Crippen MR) is 75.2 cm³/mol. The summed E-state index contributed by atoms with van der Waals surface area (Å²) >= 11 is 0. The number of nitrogens with one attached hydrogen (secondary N) is 1.